The number of carbonyl (C=O) groups excluding carboxylic acids is 1. The molecule has 160 valence electrons. The summed E-state index contributed by atoms with van der Waals surface area (Å²) >= 11 is 11.8. The number of carbonyl (C=O) groups is 1. The van der Waals surface area contributed by atoms with Crippen LogP contribution in [-0.4, -0.2) is 21.0 Å². The van der Waals surface area contributed by atoms with Crippen LogP contribution in [0, 0.1) is 10.1 Å². The highest BCUT2D eigenvalue weighted by molar-refractivity contribution is 6.30. The molecule has 0 bridgehead atoms. The Bertz CT molecular complexity index is 1290. The van der Waals surface area contributed by atoms with E-state index in [1.165, 1.54) is 18.2 Å². The predicted octanol–water partition coefficient (Wildman–Crippen LogP) is 6.34. The van der Waals surface area contributed by atoms with E-state index in [2.05, 4.69) is 15.5 Å². The van der Waals surface area contributed by atoms with E-state index < -0.39 is 10.8 Å². The van der Waals surface area contributed by atoms with Crippen molar-refractivity contribution in [3.05, 3.63) is 98.6 Å². The number of nitrogens with one attached hydrogen (secondary N) is 2. The molecular formula is C22H14Cl2N4O4. The van der Waals surface area contributed by atoms with Gasteiger partial charge in [-0.3, -0.25) is 20.0 Å². The number of aromatic amines is 1. The van der Waals surface area contributed by atoms with E-state index in [1.807, 2.05) is 0 Å². The predicted molar refractivity (Wildman–Crippen MR) is 122 cm³/mol. The van der Waals surface area contributed by atoms with E-state index >= 15 is 0 Å². The Kier molecular flexibility index (Phi) is 6.07. The largest absolute Gasteiger partial charge is 0.457 e. The van der Waals surface area contributed by atoms with E-state index in [9.17, 15) is 14.9 Å². The monoisotopic (exact) mass is 468 g/mol. The van der Waals surface area contributed by atoms with Crippen molar-refractivity contribution in [2.45, 2.75) is 0 Å². The quantitative estimate of drug-likeness (QED) is 0.253. The van der Waals surface area contributed by atoms with E-state index in [1.54, 1.807) is 54.6 Å². The summed E-state index contributed by atoms with van der Waals surface area (Å²) in [6.07, 6.45) is 0. The summed E-state index contributed by atoms with van der Waals surface area (Å²) < 4.78 is 5.68. The Balaban J connectivity index is 1.55. The number of benzene rings is 3. The molecule has 2 N–H and O–H groups in total. The lowest BCUT2D eigenvalue weighted by molar-refractivity contribution is -0.384. The first kappa shape index (κ1) is 21.4. The van der Waals surface area contributed by atoms with Gasteiger partial charge in [0.05, 0.1) is 22.4 Å². The van der Waals surface area contributed by atoms with Crippen LogP contribution in [0.5, 0.6) is 11.5 Å². The van der Waals surface area contributed by atoms with Crippen LogP contribution in [0.1, 0.15) is 10.5 Å². The number of aromatic nitrogens is 2. The number of non-ortho nitro benzene ring substituents is 1. The van der Waals surface area contributed by atoms with Gasteiger partial charge in [0.2, 0.25) is 0 Å². The van der Waals surface area contributed by atoms with Gasteiger partial charge in [0.25, 0.3) is 11.6 Å². The third-order valence-electron chi connectivity index (χ3n) is 4.37. The van der Waals surface area contributed by atoms with E-state index in [4.69, 9.17) is 27.9 Å². The molecule has 10 heteroatoms. The van der Waals surface area contributed by atoms with Gasteiger partial charge in [0, 0.05) is 27.7 Å². The Morgan fingerprint density at radius 3 is 2.25 bits per heavy atom. The summed E-state index contributed by atoms with van der Waals surface area (Å²) in [5.74, 6) is 0.104. The molecule has 0 saturated carbocycles. The second kappa shape index (κ2) is 9.09. The number of anilines is 1. The molecule has 4 aromatic rings. The first-order chi connectivity index (χ1) is 15.4. The minimum atomic E-state index is -0.570. The summed E-state index contributed by atoms with van der Waals surface area (Å²) in [6.45, 7) is 0. The van der Waals surface area contributed by atoms with Gasteiger partial charge in [-0.2, -0.15) is 5.10 Å². The molecule has 0 aliphatic carbocycles. The van der Waals surface area contributed by atoms with Crippen molar-refractivity contribution in [2.24, 2.45) is 0 Å². The van der Waals surface area contributed by atoms with Crippen LogP contribution in [0.2, 0.25) is 10.0 Å². The topological polar surface area (TPSA) is 110 Å². The summed E-state index contributed by atoms with van der Waals surface area (Å²) in [7, 11) is 0. The second-order valence-corrected chi connectivity index (χ2v) is 7.53. The van der Waals surface area contributed by atoms with Crippen molar-refractivity contribution >= 4 is 40.5 Å². The summed E-state index contributed by atoms with van der Waals surface area (Å²) in [5.41, 5.74) is 1.46. The van der Waals surface area contributed by atoms with Crippen molar-refractivity contribution in [3.8, 4) is 22.8 Å². The molecule has 0 unspecified atom stereocenters. The number of nitro groups is 1. The molecule has 0 spiro atoms. The van der Waals surface area contributed by atoms with Gasteiger partial charge < -0.3 is 10.1 Å². The highest BCUT2D eigenvalue weighted by Crippen LogP contribution is 2.30. The van der Waals surface area contributed by atoms with Gasteiger partial charge in [0.15, 0.2) is 0 Å². The van der Waals surface area contributed by atoms with Crippen LogP contribution < -0.4 is 10.1 Å². The normalized spacial score (nSPS) is 10.6. The minimum Gasteiger partial charge on any atom is -0.457 e. The molecule has 0 atom stereocenters. The number of H-pyrrole nitrogens is 1. The SMILES string of the molecule is O=C(Nc1cc(Oc2ccc(Cl)cc2)cc([N+](=O)[O-])c1)c1cc(-c2ccc(Cl)cc2)n[nH]1. The van der Waals surface area contributed by atoms with E-state index in [-0.39, 0.29) is 22.8 Å². The maximum Gasteiger partial charge on any atom is 0.275 e. The van der Waals surface area contributed by atoms with Crippen molar-refractivity contribution in [2.75, 3.05) is 5.32 Å². The first-order valence-electron chi connectivity index (χ1n) is 9.23. The molecule has 4 rings (SSSR count). The Hall–Kier alpha value is -3.88. The average Bonchev–Trinajstić information content (AvgIpc) is 3.26. The summed E-state index contributed by atoms with van der Waals surface area (Å²) in [6, 6.07) is 19.1. The number of hydrogen-bond donors (Lipinski definition) is 2. The van der Waals surface area contributed by atoms with Crippen molar-refractivity contribution in [3.63, 3.8) is 0 Å². The highest BCUT2D eigenvalue weighted by atomic mass is 35.5. The number of ether oxygens (including phenoxy) is 1. The molecule has 1 heterocycles. The lowest BCUT2D eigenvalue weighted by Crippen LogP contribution is -2.12. The van der Waals surface area contributed by atoms with Gasteiger partial charge >= 0.3 is 0 Å². The molecule has 0 radical (unpaired) electrons. The van der Waals surface area contributed by atoms with Crippen molar-refractivity contribution in [1.82, 2.24) is 10.2 Å². The van der Waals surface area contributed by atoms with E-state index in [0.29, 0.717) is 21.5 Å². The second-order valence-electron chi connectivity index (χ2n) is 6.66. The standard InChI is InChI=1S/C22H14Cl2N4O4/c23-14-3-1-13(2-4-14)20-12-21(27-26-20)22(29)25-16-9-17(28(30)31)11-19(10-16)32-18-7-5-15(24)6-8-18/h1-12H,(H,25,29)(H,26,27). The lowest BCUT2D eigenvalue weighted by Gasteiger charge is -2.09. The van der Waals surface area contributed by atoms with Crippen LogP contribution in [0.4, 0.5) is 11.4 Å². The Morgan fingerprint density at radius 2 is 1.59 bits per heavy atom. The van der Waals surface area contributed by atoms with Gasteiger partial charge in [-0.05, 0) is 42.5 Å². The molecule has 0 saturated heterocycles. The molecule has 3 aromatic carbocycles. The smallest absolute Gasteiger partial charge is 0.275 e. The molecule has 1 aromatic heterocycles. The van der Waals surface area contributed by atoms with Crippen LogP contribution in [0.15, 0.2) is 72.8 Å². The fraction of sp³-hybridized carbons (Fsp3) is 0. The molecule has 0 fully saturated rings. The molecule has 32 heavy (non-hydrogen) atoms. The van der Waals surface area contributed by atoms with Crippen molar-refractivity contribution < 1.29 is 14.5 Å². The maximum absolute atomic E-state index is 12.7. The van der Waals surface area contributed by atoms with Crippen LogP contribution >= 0.6 is 23.2 Å². The number of nitro benzene ring substituents is 1. The third kappa shape index (κ3) is 5.05. The molecule has 0 aliphatic heterocycles. The fourth-order valence-corrected chi connectivity index (χ4v) is 3.12. The Morgan fingerprint density at radius 1 is 0.938 bits per heavy atom. The number of nitrogens with zero attached hydrogens (tertiary/aromatic N) is 2. The van der Waals surface area contributed by atoms with Gasteiger partial charge in [-0.1, -0.05) is 35.3 Å². The zero-order chi connectivity index (χ0) is 22.7. The molecule has 1 amide bonds. The summed E-state index contributed by atoms with van der Waals surface area (Å²) in [5, 5.41) is 21.9. The summed E-state index contributed by atoms with van der Waals surface area (Å²) in [4.78, 5) is 23.4. The number of halogens is 2. The minimum absolute atomic E-state index is 0.182. The van der Waals surface area contributed by atoms with Gasteiger partial charge in [-0.25, -0.2) is 0 Å². The zero-order valence-electron chi connectivity index (χ0n) is 16.2. The Labute approximate surface area is 191 Å². The molecule has 0 aliphatic rings. The fourth-order valence-electron chi connectivity index (χ4n) is 2.86. The maximum atomic E-state index is 12.7. The highest BCUT2D eigenvalue weighted by Gasteiger charge is 2.16. The lowest BCUT2D eigenvalue weighted by atomic mass is 10.1. The zero-order valence-corrected chi connectivity index (χ0v) is 17.7. The van der Waals surface area contributed by atoms with Crippen LogP contribution in [-0.2, 0) is 0 Å². The van der Waals surface area contributed by atoms with Crippen molar-refractivity contribution in [1.29, 1.82) is 0 Å². The third-order valence-corrected chi connectivity index (χ3v) is 4.88. The number of hydrogen-bond acceptors (Lipinski definition) is 5. The number of rotatable bonds is 6. The van der Waals surface area contributed by atoms with Gasteiger partial charge in [0.1, 0.15) is 17.2 Å². The molecular weight excluding hydrogens is 455 g/mol. The number of amides is 1. The first-order valence-corrected chi connectivity index (χ1v) is 9.98. The van der Waals surface area contributed by atoms with Crippen LogP contribution in [0.25, 0.3) is 11.3 Å². The molecule has 8 nitrogen and oxygen atoms in total. The average molecular weight is 469 g/mol. The van der Waals surface area contributed by atoms with Crippen LogP contribution in [0.3, 0.4) is 0 Å². The van der Waals surface area contributed by atoms with Gasteiger partial charge in [-0.15, -0.1) is 0 Å². The van der Waals surface area contributed by atoms with E-state index in [0.717, 1.165) is 5.56 Å².